The highest BCUT2D eigenvalue weighted by atomic mass is 14.5. The minimum absolute atomic E-state index is 0.0190. The second kappa shape index (κ2) is 4.63. The molecule has 2 fully saturated rings. The smallest absolute Gasteiger partial charge is 0.0686 e. The van der Waals surface area contributed by atoms with Crippen molar-refractivity contribution in [2.24, 2.45) is 22.7 Å². The molecule has 1 heteroatoms. The average Bonchev–Trinajstić information content (AvgIpc) is 2.34. The first-order chi connectivity index (χ1) is 7.97. The van der Waals surface area contributed by atoms with Gasteiger partial charge < -0.3 is 0 Å². The minimum Gasteiger partial charge on any atom is -0.198 e. The molecular weight excluding hydrogens is 206 g/mol. The molecule has 1 nitrogen and oxygen atoms in total. The third kappa shape index (κ3) is 2.67. The molecule has 0 aromatic carbocycles. The van der Waals surface area contributed by atoms with Crippen LogP contribution in [0.1, 0.15) is 72.1 Å². The van der Waals surface area contributed by atoms with E-state index in [0.717, 1.165) is 24.7 Å². The summed E-state index contributed by atoms with van der Waals surface area (Å²) in [6, 6.07) is 2.52. The van der Waals surface area contributed by atoms with Crippen LogP contribution in [0, 0.1) is 34.0 Å². The van der Waals surface area contributed by atoms with Gasteiger partial charge in [0.1, 0.15) is 0 Å². The molecular formula is C16H27N. The first-order valence-corrected chi connectivity index (χ1v) is 7.39. The van der Waals surface area contributed by atoms with Crippen molar-refractivity contribution in [2.75, 3.05) is 0 Å². The number of nitrogens with zero attached hydrogens (tertiary/aromatic N) is 1. The van der Waals surface area contributed by atoms with Gasteiger partial charge in [0, 0.05) is 0 Å². The van der Waals surface area contributed by atoms with E-state index in [1.54, 1.807) is 0 Å². The maximum absolute atomic E-state index is 9.20. The number of hydrogen-bond donors (Lipinski definition) is 0. The zero-order valence-electron chi connectivity index (χ0n) is 11.8. The summed E-state index contributed by atoms with van der Waals surface area (Å²) >= 11 is 0. The van der Waals surface area contributed by atoms with Gasteiger partial charge in [-0.25, -0.2) is 0 Å². The van der Waals surface area contributed by atoms with Crippen molar-refractivity contribution < 1.29 is 0 Å². The zero-order chi connectivity index (χ0) is 12.5. The summed E-state index contributed by atoms with van der Waals surface area (Å²) in [6.07, 6.45) is 10.5. The Balaban J connectivity index is 1.94. The van der Waals surface area contributed by atoms with Crippen molar-refractivity contribution in [3.05, 3.63) is 0 Å². The normalized spacial score (nSPS) is 47.4. The molecule has 0 aromatic rings. The van der Waals surface area contributed by atoms with Crippen molar-refractivity contribution in [2.45, 2.75) is 72.1 Å². The summed E-state index contributed by atoms with van der Waals surface area (Å²) < 4.78 is 0. The van der Waals surface area contributed by atoms with E-state index in [1.165, 1.54) is 38.5 Å². The summed E-state index contributed by atoms with van der Waals surface area (Å²) in [7, 11) is 0. The fraction of sp³-hybridized carbons (Fsp3) is 0.938. The standard InChI is InChI=1S/C16H27N/c1-13-4-10-16(3,11-5-13)14-6-8-15(2,12-17)9-7-14/h13-14H,4-11H2,1-3H3. The largest absolute Gasteiger partial charge is 0.198 e. The predicted molar refractivity (Wildman–Crippen MR) is 71.4 cm³/mol. The van der Waals surface area contributed by atoms with Crippen LogP contribution in [0.2, 0.25) is 0 Å². The summed E-state index contributed by atoms with van der Waals surface area (Å²) in [6.45, 7) is 7.06. The first kappa shape index (κ1) is 12.9. The van der Waals surface area contributed by atoms with Gasteiger partial charge in [0.05, 0.1) is 11.5 Å². The molecule has 17 heavy (non-hydrogen) atoms. The lowest BCUT2D eigenvalue weighted by Crippen LogP contribution is -2.36. The molecule has 0 atom stereocenters. The van der Waals surface area contributed by atoms with E-state index in [9.17, 15) is 5.26 Å². The third-order valence-electron chi connectivity index (χ3n) is 5.76. The highest BCUT2D eigenvalue weighted by Gasteiger charge is 2.41. The number of hydrogen-bond acceptors (Lipinski definition) is 1. The molecule has 0 aromatic heterocycles. The van der Waals surface area contributed by atoms with Crippen LogP contribution in [0.5, 0.6) is 0 Å². The summed E-state index contributed by atoms with van der Waals surface area (Å²) in [5.41, 5.74) is 0.568. The van der Waals surface area contributed by atoms with E-state index in [0.29, 0.717) is 5.41 Å². The molecule has 0 saturated heterocycles. The Morgan fingerprint density at radius 1 is 0.941 bits per heavy atom. The molecule has 0 bridgehead atoms. The zero-order valence-corrected chi connectivity index (χ0v) is 11.8. The number of rotatable bonds is 1. The van der Waals surface area contributed by atoms with Crippen molar-refractivity contribution in [1.29, 1.82) is 5.26 Å². The van der Waals surface area contributed by atoms with Crippen LogP contribution < -0.4 is 0 Å². The van der Waals surface area contributed by atoms with E-state index in [4.69, 9.17) is 0 Å². The first-order valence-electron chi connectivity index (χ1n) is 7.39. The van der Waals surface area contributed by atoms with Crippen LogP contribution in [-0.2, 0) is 0 Å². The van der Waals surface area contributed by atoms with Crippen molar-refractivity contribution in [3.8, 4) is 6.07 Å². The Kier molecular flexibility index (Phi) is 3.53. The Morgan fingerprint density at radius 2 is 1.47 bits per heavy atom. The van der Waals surface area contributed by atoms with Crippen LogP contribution in [0.15, 0.2) is 0 Å². The summed E-state index contributed by atoms with van der Waals surface area (Å²) in [5.74, 6) is 1.83. The lowest BCUT2D eigenvalue weighted by molar-refractivity contribution is 0.0501. The minimum atomic E-state index is -0.0190. The van der Waals surface area contributed by atoms with Gasteiger partial charge in [-0.05, 0) is 62.7 Å². The van der Waals surface area contributed by atoms with E-state index in [-0.39, 0.29) is 5.41 Å². The number of nitriles is 1. The molecule has 0 amide bonds. The van der Waals surface area contributed by atoms with E-state index < -0.39 is 0 Å². The Hall–Kier alpha value is -0.510. The van der Waals surface area contributed by atoms with E-state index in [2.05, 4.69) is 26.8 Å². The topological polar surface area (TPSA) is 23.8 Å². The van der Waals surface area contributed by atoms with Crippen LogP contribution in [-0.4, -0.2) is 0 Å². The molecule has 2 saturated carbocycles. The highest BCUT2D eigenvalue weighted by molar-refractivity contribution is 5.01. The monoisotopic (exact) mass is 233 g/mol. The van der Waals surface area contributed by atoms with Crippen LogP contribution in [0.4, 0.5) is 0 Å². The maximum atomic E-state index is 9.20. The van der Waals surface area contributed by atoms with Crippen molar-refractivity contribution >= 4 is 0 Å². The van der Waals surface area contributed by atoms with Gasteiger partial charge in [-0.15, -0.1) is 0 Å². The Morgan fingerprint density at radius 3 is 1.94 bits per heavy atom. The van der Waals surface area contributed by atoms with Gasteiger partial charge >= 0.3 is 0 Å². The van der Waals surface area contributed by atoms with Crippen LogP contribution in [0.3, 0.4) is 0 Å². The Bertz CT molecular complexity index is 296. The molecule has 0 unspecified atom stereocenters. The molecule has 0 radical (unpaired) electrons. The van der Waals surface area contributed by atoms with Gasteiger partial charge in [-0.3, -0.25) is 0 Å². The molecule has 0 N–H and O–H groups in total. The molecule has 0 heterocycles. The van der Waals surface area contributed by atoms with Gasteiger partial charge in [-0.1, -0.05) is 26.7 Å². The van der Waals surface area contributed by atoms with Crippen LogP contribution in [0.25, 0.3) is 0 Å². The lowest BCUT2D eigenvalue weighted by Gasteiger charge is -2.46. The molecule has 0 aliphatic heterocycles. The van der Waals surface area contributed by atoms with Gasteiger partial charge in [0.25, 0.3) is 0 Å². The maximum Gasteiger partial charge on any atom is 0.0686 e. The van der Waals surface area contributed by atoms with E-state index in [1.807, 2.05) is 0 Å². The molecule has 2 aliphatic rings. The van der Waals surface area contributed by atoms with Crippen LogP contribution >= 0.6 is 0 Å². The highest BCUT2D eigenvalue weighted by Crippen LogP contribution is 2.51. The SMILES string of the molecule is CC1CCC(C)(C2CCC(C)(C#N)CC2)CC1. The third-order valence-corrected chi connectivity index (χ3v) is 5.76. The molecule has 96 valence electrons. The lowest BCUT2D eigenvalue weighted by atomic mass is 9.58. The fourth-order valence-electron chi connectivity index (χ4n) is 3.89. The average molecular weight is 233 g/mol. The fourth-order valence-corrected chi connectivity index (χ4v) is 3.89. The van der Waals surface area contributed by atoms with Crippen molar-refractivity contribution in [3.63, 3.8) is 0 Å². The van der Waals surface area contributed by atoms with Gasteiger partial charge in [-0.2, -0.15) is 5.26 Å². The second-order valence-corrected chi connectivity index (χ2v) is 7.28. The second-order valence-electron chi connectivity index (χ2n) is 7.28. The van der Waals surface area contributed by atoms with E-state index >= 15 is 0 Å². The quantitative estimate of drug-likeness (QED) is 0.630. The Labute approximate surface area is 107 Å². The molecule has 2 aliphatic carbocycles. The van der Waals surface area contributed by atoms with Gasteiger partial charge in [0.15, 0.2) is 0 Å². The van der Waals surface area contributed by atoms with Crippen molar-refractivity contribution in [1.82, 2.24) is 0 Å². The molecule has 2 rings (SSSR count). The summed E-state index contributed by atoms with van der Waals surface area (Å²) in [5, 5.41) is 9.20. The predicted octanol–water partition coefficient (Wildman–Crippen LogP) is 4.92. The van der Waals surface area contributed by atoms with Gasteiger partial charge in [0.2, 0.25) is 0 Å². The molecule has 0 spiro atoms. The summed E-state index contributed by atoms with van der Waals surface area (Å²) in [4.78, 5) is 0.